The van der Waals surface area contributed by atoms with Gasteiger partial charge in [0.05, 0.1) is 0 Å². The Hall–Kier alpha value is -0.113. The minimum atomic E-state index is -0.268. The molecule has 2 unspecified atom stereocenters. The summed E-state index contributed by atoms with van der Waals surface area (Å²) in [5, 5.41) is 5.83. The van der Waals surface area contributed by atoms with E-state index in [1.54, 1.807) is 0 Å². The SMILES string of the molecule is C[CH-]C(C)P(c1ccccc1)c1ccccc1.C[CH-]C(C)P(c1ccccc1)c1ccccc1.[Cl-].[Cl-].[Cl-].[Cl-].[Ni+3].[Ni+3]. The van der Waals surface area contributed by atoms with E-state index < -0.39 is 0 Å². The van der Waals surface area contributed by atoms with Crippen LogP contribution in [0.2, 0.25) is 0 Å². The molecule has 222 valence electrons. The van der Waals surface area contributed by atoms with Crippen molar-refractivity contribution in [3.05, 3.63) is 134 Å². The largest absolute Gasteiger partial charge is 3.00 e. The fourth-order valence-electron chi connectivity index (χ4n) is 3.89. The first-order valence-electron chi connectivity index (χ1n) is 12.0. The van der Waals surface area contributed by atoms with Crippen LogP contribution in [0, 0.1) is 12.8 Å². The molecule has 0 bridgehead atoms. The Morgan fingerprint density at radius 3 is 0.725 bits per heavy atom. The van der Waals surface area contributed by atoms with E-state index in [0.717, 1.165) is 0 Å². The third-order valence-electron chi connectivity index (χ3n) is 5.92. The van der Waals surface area contributed by atoms with Crippen LogP contribution in [0.1, 0.15) is 27.7 Å². The van der Waals surface area contributed by atoms with E-state index in [4.69, 9.17) is 0 Å². The van der Waals surface area contributed by atoms with Crippen LogP contribution in [0.25, 0.3) is 0 Å². The number of halogens is 4. The molecule has 4 rings (SSSR count). The molecular weight excluding hydrogens is 705 g/mol. The third kappa shape index (κ3) is 14.4. The summed E-state index contributed by atoms with van der Waals surface area (Å²) in [5.41, 5.74) is 1.21. The molecule has 2 atom stereocenters. The van der Waals surface area contributed by atoms with Crippen molar-refractivity contribution < 1.29 is 82.6 Å². The van der Waals surface area contributed by atoms with Crippen LogP contribution >= 0.6 is 15.8 Å². The van der Waals surface area contributed by atoms with Gasteiger partial charge in [-0.15, -0.1) is 11.3 Å². The molecule has 0 amide bonds. The van der Waals surface area contributed by atoms with Gasteiger partial charge in [0.1, 0.15) is 0 Å². The number of benzene rings is 4. The third-order valence-corrected chi connectivity index (χ3v) is 11.6. The molecule has 0 N–H and O–H groups in total. The molecule has 0 spiro atoms. The van der Waals surface area contributed by atoms with Crippen molar-refractivity contribution in [2.75, 3.05) is 0 Å². The van der Waals surface area contributed by atoms with Gasteiger partial charge in [-0.2, -0.15) is 13.8 Å². The van der Waals surface area contributed by atoms with Crippen LogP contribution in [0.4, 0.5) is 0 Å². The fourth-order valence-corrected chi connectivity index (χ4v) is 8.94. The molecule has 40 heavy (non-hydrogen) atoms. The van der Waals surface area contributed by atoms with E-state index >= 15 is 0 Å². The normalized spacial score (nSPS) is 10.8. The Labute approximate surface area is 290 Å². The molecule has 0 heterocycles. The first kappa shape index (κ1) is 46.8. The van der Waals surface area contributed by atoms with E-state index in [9.17, 15) is 0 Å². The average molecular weight is 742 g/mol. The van der Waals surface area contributed by atoms with Gasteiger partial charge in [0.25, 0.3) is 0 Å². The van der Waals surface area contributed by atoms with Crippen molar-refractivity contribution in [2.24, 2.45) is 0 Å². The molecule has 0 aromatic heterocycles. The summed E-state index contributed by atoms with van der Waals surface area (Å²) in [6.45, 7) is 8.94. The molecular formula is C32H36Cl4Ni2P2. The van der Waals surface area contributed by atoms with Gasteiger partial charge in [-0.05, 0) is 21.2 Å². The zero-order chi connectivity index (χ0) is 24.2. The molecule has 4 aromatic rings. The minimum absolute atomic E-state index is 0. The van der Waals surface area contributed by atoms with Gasteiger partial charge in [0.15, 0.2) is 0 Å². The molecule has 0 fully saturated rings. The Kier molecular flexibility index (Phi) is 31.0. The van der Waals surface area contributed by atoms with Crippen molar-refractivity contribution in [2.45, 2.75) is 39.0 Å². The van der Waals surface area contributed by atoms with Gasteiger partial charge in [-0.25, -0.2) is 0 Å². The van der Waals surface area contributed by atoms with E-state index in [1.165, 1.54) is 21.2 Å². The van der Waals surface area contributed by atoms with Crippen LogP contribution in [0.3, 0.4) is 0 Å². The number of hydrogen-bond acceptors (Lipinski definition) is 0. The van der Waals surface area contributed by atoms with E-state index in [2.05, 4.69) is 162 Å². The summed E-state index contributed by atoms with van der Waals surface area (Å²) in [4.78, 5) is 0. The van der Waals surface area contributed by atoms with Crippen molar-refractivity contribution in [3.63, 3.8) is 0 Å². The maximum atomic E-state index is 2.31. The van der Waals surface area contributed by atoms with E-state index in [1.807, 2.05) is 0 Å². The van der Waals surface area contributed by atoms with Gasteiger partial charge in [-0.3, -0.25) is 0 Å². The summed E-state index contributed by atoms with van der Waals surface area (Å²) in [6.07, 6.45) is 4.62. The molecule has 2 radical (unpaired) electrons. The molecule has 0 aliphatic heterocycles. The average Bonchev–Trinajstić information content (AvgIpc) is 2.91. The summed E-state index contributed by atoms with van der Waals surface area (Å²) < 4.78 is 0. The second-order valence-corrected chi connectivity index (χ2v) is 13.4. The quantitative estimate of drug-likeness (QED) is 0.0972. The molecule has 0 saturated carbocycles. The Morgan fingerprint density at radius 1 is 0.400 bits per heavy atom. The Bertz CT molecular complexity index is 911. The topological polar surface area (TPSA) is 0 Å². The van der Waals surface area contributed by atoms with Gasteiger partial charge < -0.3 is 62.5 Å². The van der Waals surface area contributed by atoms with Gasteiger partial charge >= 0.3 is 33.0 Å². The first-order valence-corrected chi connectivity index (χ1v) is 14.9. The fraction of sp³-hybridized carbons (Fsp3) is 0.188. The van der Waals surface area contributed by atoms with Crippen LogP contribution < -0.4 is 70.8 Å². The molecule has 4 aromatic carbocycles. The van der Waals surface area contributed by atoms with Gasteiger partial charge in [0.2, 0.25) is 0 Å². The van der Waals surface area contributed by atoms with E-state index in [0.29, 0.717) is 11.3 Å². The van der Waals surface area contributed by atoms with E-state index in [-0.39, 0.29) is 98.5 Å². The van der Waals surface area contributed by atoms with Crippen molar-refractivity contribution in [3.8, 4) is 0 Å². The second kappa shape index (κ2) is 26.5. The zero-order valence-corrected chi connectivity index (χ0v) is 29.7. The smallest absolute Gasteiger partial charge is 1.00 e. The maximum absolute atomic E-state index is 2.31. The van der Waals surface area contributed by atoms with Crippen LogP contribution in [0.15, 0.2) is 121 Å². The molecule has 0 saturated heterocycles. The van der Waals surface area contributed by atoms with Crippen molar-refractivity contribution >= 4 is 37.1 Å². The molecule has 8 heteroatoms. The Balaban J connectivity index is -0.000000282. The Morgan fingerprint density at radius 2 is 0.575 bits per heavy atom. The summed E-state index contributed by atoms with van der Waals surface area (Å²) in [5.74, 6) is 0. The van der Waals surface area contributed by atoms with Gasteiger partial charge in [-0.1, -0.05) is 151 Å². The maximum Gasteiger partial charge on any atom is 3.00 e. The molecule has 0 aliphatic rings. The summed E-state index contributed by atoms with van der Waals surface area (Å²) in [7, 11) is -0.535. The predicted molar refractivity (Wildman–Crippen MR) is 157 cm³/mol. The number of rotatable bonds is 8. The molecule has 0 nitrogen and oxygen atoms in total. The zero-order valence-electron chi connectivity index (χ0n) is 22.9. The molecule has 0 aliphatic carbocycles. The summed E-state index contributed by atoms with van der Waals surface area (Å²) in [6, 6.07) is 43.4. The monoisotopic (exact) mass is 738 g/mol. The standard InChI is InChI=1S/2C16H18P.4ClH.2Ni/c2*1-3-14(2)17(15-10-6-4-7-11-15)16-12-8-5-9-13-16;;;;;;/h2*3-14H,1-2H3;4*1H;;/q2*-1;;;;;2*+3/p-4. The van der Waals surface area contributed by atoms with Crippen LogP contribution in [-0.4, -0.2) is 11.3 Å². The first-order chi connectivity index (χ1) is 16.7. The summed E-state index contributed by atoms with van der Waals surface area (Å²) >= 11 is 0. The van der Waals surface area contributed by atoms with Crippen molar-refractivity contribution in [1.29, 1.82) is 0 Å². The predicted octanol–water partition coefficient (Wildman–Crippen LogP) is -4.53. The van der Waals surface area contributed by atoms with Crippen LogP contribution in [-0.2, 0) is 33.0 Å². The number of hydrogen-bond donors (Lipinski definition) is 0. The van der Waals surface area contributed by atoms with Gasteiger partial charge in [0, 0.05) is 0 Å². The van der Waals surface area contributed by atoms with Crippen molar-refractivity contribution in [1.82, 2.24) is 0 Å². The minimum Gasteiger partial charge on any atom is -1.00 e. The second-order valence-electron chi connectivity index (χ2n) is 8.23. The van der Waals surface area contributed by atoms with Crippen LogP contribution in [0.5, 0.6) is 0 Å².